The minimum absolute atomic E-state index is 0.239. The Balaban J connectivity index is 2.50. The van der Waals surface area contributed by atoms with Crippen molar-refractivity contribution in [2.45, 2.75) is 10.9 Å². The first-order valence-electron chi connectivity index (χ1n) is 3.45. The van der Waals surface area contributed by atoms with Crippen LogP contribution < -0.4 is 5.73 Å². The molecule has 58 valence electrons. The molecule has 0 spiro atoms. The normalized spacial score (nSPS) is 21.8. The van der Waals surface area contributed by atoms with Crippen LogP contribution in [0.25, 0.3) is 0 Å². The van der Waals surface area contributed by atoms with Crippen molar-refractivity contribution in [1.29, 1.82) is 0 Å². The molecule has 0 aromatic heterocycles. The van der Waals surface area contributed by atoms with Crippen LogP contribution in [-0.4, -0.2) is 5.75 Å². The van der Waals surface area contributed by atoms with Gasteiger partial charge in [-0.3, -0.25) is 0 Å². The van der Waals surface area contributed by atoms with Gasteiger partial charge in [-0.05, 0) is 17.7 Å². The fourth-order valence-electron chi connectivity index (χ4n) is 1.21. The Kier molecular flexibility index (Phi) is 1.95. The molecular weight excluding hydrogens is 222 g/mol. The second-order valence-corrected chi connectivity index (χ2v) is 4.58. The number of halogens is 1. The number of hydrogen-bond acceptors (Lipinski definition) is 2. The number of fused-ring (bicyclic) bond motifs is 1. The molecule has 0 unspecified atom stereocenters. The minimum Gasteiger partial charge on any atom is -0.323 e. The van der Waals surface area contributed by atoms with Crippen molar-refractivity contribution >= 4 is 27.7 Å². The van der Waals surface area contributed by atoms with Gasteiger partial charge in [-0.1, -0.05) is 22.0 Å². The van der Waals surface area contributed by atoms with E-state index >= 15 is 0 Å². The maximum atomic E-state index is 5.86. The summed E-state index contributed by atoms with van der Waals surface area (Å²) in [7, 11) is 0. The smallest absolute Gasteiger partial charge is 0.0401 e. The maximum Gasteiger partial charge on any atom is 0.0401 e. The Morgan fingerprint density at radius 1 is 1.55 bits per heavy atom. The van der Waals surface area contributed by atoms with Crippen LogP contribution >= 0.6 is 27.7 Å². The molecule has 0 bridgehead atoms. The summed E-state index contributed by atoms with van der Waals surface area (Å²) in [6.45, 7) is 0. The van der Waals surface area contributed by atoms with Crippen LogP contribution in [0, 0.1) is 0 Å². The maximum absolute atomic E-state index is 5.86. The highest BCUT2D eigenvalue weighted by molar-refractivity contribution is 9.10. The molecule has 1 aromatic rings. The molecular formula is C8H8BrNS. The molecule has 0 saturated heterocycles. The molecule has 0 amide bonds. The van der Waals surface area contributed by atoms with E-state index in [9.17, 15) is 0 Å². The fourth-order valence-corrected chi connectivity index (χ4v) is 2.86. The topological polar surface area (TPSA) is 26.0 Å². The summed E-state index contributed by atoms with van der Waals surface area (Å²) in [5.41, 5.74) is 7.15. The van der Waals surface area contributed by atoms with E-state index in [2.05, 4.69) is 28.1 Å². The van der Waals surface area contributed by atoms with Crippen LogP contribution in [0.4, 0.5) is 0 Å². The van der Waals surface area contributed by atoms with Crippen molar-refractivity contribution < 1.29 is 0 Å². The van der Waals surface area contributed by atoms with Crippen molar-refractivity contribution in [3.8, 4) is 0 Å². The van der Waals surface area contributed by atoms with E-state index in [1.807, 2.05) is 17.8 Å². The van der Waals surface area contributed by atoms with Crippen LogP contribution in [-0.2, 0) is 0 Å². The van der Waals surface area contributed by atoms with E-state index in [4.69, 9.17) is 5.73 Å². The summed E-state index contributed by atoms with van der Waals surface area (Å²) in [5, 5.41) is 0. The van der Waals surface area contributed by atoms with Crippen molar-refractivity contribution in [3.63, 3.8) is 0 Å². The molecule has 3 heteroatoms. The first-order valence-corrected chi connectivity index (χ1v) is 5.23. The standard InChI is InChI=1S/C8H8BrNS/c9-5-1-2-6-7(10)4-11-8(6)3-5/h1-3,7H,4,10H2/t7-/m1/s1. The van der Waals surface area contributed by atoms with Crippen molar-refractivity contribution in [1.82, 2.24) is 0 Å². The van der Waals surface area contributed by atoms with Crippen LogP contribution in [0.2, 0.25) is 0 Å². The number of rotatable bonds is 0. The lowest BCUT2D eigenvalue weighted by Crippen LogP contribution is -2.07. The lowest BCUT2D eigenvalue weighted by molar-refractivity contribution is 0.833. The van der Waals surface area contributed by atoms with Gasteiger partial charge in [-0.15, -0.1) is 11.8 Å². The summed E-state index contributed by atoms with van der Waals surface area (Å²) in [6, 6.07) is 6.52. The monoisotopic (exact) mass is 229 g/mol. The van der Waals surface area contributed by atoms with E-state index in [-0.39, 0.29) is 6.04 Å². The third-order valence-corrected chi connectivity index (χ3v) is 3.48. The van der Waals surface area contributed by atoms with Gasteiger partial charge in [-0.25, -0.2) is 0 Å². The Morgan fingerprint density at radius 2 is 2.36 bits per heavy atom. The van der Waals surface area contributed by atoms with Gasteiger partial charge in [0.05, 0.1) is 0 Å². The first kappa shape index (κ1) is 7.65. The van der Waals surface area contributed by atoms with Gasteiger partial charge < -0.3 is 5.73 Å². The Labute approximate surface area is 78.5 Å². The molecule has 0 saturated carbocycles. The van der Waals surface area contributed by atoms with Crippen molar-refractivity contribution in [3.05, 3.63) is 28.2 Å². The Bertz CT molecular complexity index is 287. The van der Waals surface area contributed by atoms with Gasteiger partial charge in [0.25, 0.3) is 0 Å². The van der Waals surface area contributed by atoms with Crippen LogP contribution in [0.5, 0.6) is 0 Å². The van der Waals surface area contributed by atoms with E-state index in [0.717, 1.165) is 10.2 Å². The summed E-state index contributed by atoms with van der Waals surface area (Å²) >= 11 is 5.27. The zero-order valence-corrected chi connectivity index (χ0v) is 8.28. The van der Waals surface area contributed by atoms with Gasteiger partial charge in [0.2, 0.25) is 0 Å². The molecule has 1 aromatic carbocycles. The molecule has 1 atom stereocenters. The zero-order valence-electron chi connectivity index (χ0n) is 5.88. The van der Waals surface area contributed by atoms with E-state index in [1.165, 1.54) is 10.5 Å². The average molecular weight is 230 g/mol. The largest absolute Gasteiger partial charge is 0.323 e. The molecule has 1 aliphatic heterocycles. The van der Waals surface area contributed by atoms with Gasteiger partial charge in [0.1, 0.15) is 0 Å². The number of benzene rings is 1. The number of nitrogens with two attached hydrogens (primary N) is 1. The minimum atomic E-state index is 0.239. The molecule has 11 heavy (non-hydrogen) atoms. The number of thioether (sulfide) groups is 1. The van der Waals surface area contributed by atoms with E-state index in [0.29, 0.717) is 0 Å². The first-order chi connectivity index (χ1) is 5.27. The molecule has 1 heterocycles. The summed E-state index contributed by atoms with van der Waals surface area (Å²) < 4.78 is 1.14. The predicted molar refractivity (Wildman–Crippen MR) is 51.8 cm³/mol. The second-order valence-electron chi connectivity index (χ2n) is 2.60. The van der Waals surface area contributed by atoms with Crippen LogP contribution in [0.3, 0.4) is 0 Å². The Hall–Kier alpha value is 0.01000. The van der Waals surface area contributed by atoms with Gasteiger partial charge in [0.15, 0.2) is 0 Å². The molecule has 0 aliphatic carbocycles. The summed E-state index contributed by atoms with van der Waals surface area (Å²) in [6.07, 6.45) is 0. The van der Waals surface area contributed by atoms with E-state index < -0.39 is 0 Å². The van der Waals surface area contributed by atoms with E-state index in [1.54, 1.807) is 0 Å². The van der Waals surface area contributed by atoms with Crippen molar-refractivity contribution in [2.24, 2.45) is 5.73 Å². The highest BCUT2D eigenvalue weighted by atomic mass is 79.9. The van der Waals surface area contributed by atoms with Crippen LogP contribution in [0.15, 0.2) is 27.6 Å². The van der Waals surface area contributed by atoms with Gasteiger partial charge >= 0.3 is 0 Å². The van der Waals surface area contributed by atoms with Crippen molar-refractivity contribution in [2.75, 3.05) is 5.75 Å². The SMILES string of the molecule is N[C@@H]1CSc2cc(Br)ccc21. The third kappa shape index (κ3) is 1.33. The average Bonchev–Trinajstić information content (AvgIpc) is 2.32. The number of hydrogen-bond donors (Lipinski definition) is 1. The fraction of sp³-hybridized carbons (Fsp3) is 0.250. The van der Waals surface area contributed by atoms with Gasteiger partial charge in [-0.2, -0.15) is 0 Å². The lowest BCUT2D eigenvalue weighted by atomic mass is 10.1. The highest BCUT2D eigenvalue weighted by Crippen LogP contribution is 2.37. The second kappa shape index (κ2) is 2.81. The zero-order chi connectivity index (χ0) is 7.84. The van der Waals surface area contributed by atoms with Crippen LogP contribution in [0.1, 0.15) is 11.6 Å². The molecule has 2 rings (SSSR count). The molecule has 2 N–H and O–H groups in total. The molecule has 0 radical (unpaired) electrons. The molecule has 0 fully saturated rings. The lowest BCUT2D eigenvalue weighted by Gasteiger charge is -2.01. The molecule has 1 aliphatic rings. The summed E-state index contributed by atoms with van der Waals surface area (Å²) in [5.74, 6) is 1.02. The highest BCUT2D eigenvalue weighted by Gasteiger charge is 2.18. The van der Waals surface area contributed by atoms with Gasteiger partial charge in [0, 0.05) is 21.2 Å². The summed E-state index contributed by atoms with van der Waals surface area (Å²) in [4.78, 5) is 1.33. The quantitative estimate of drug-likeness (QED) is 0.741. The predicted octanol–water partition coefficient (Wildman–Crippen LogP) is 2.55. The molecule has 1 nitrogen and oxygen atoms in total. The Morgan fingerprint density at radius 3 is 3.18 bits per heavy atom. The third-order valence-electron chi connectivity index (χ3n) is 1.79.